The second kappa shape index (κ2) is 6.84. The molecule has 8 heteroatoms. The van der Waals surface area contributed by atoms with Crippen LogP contribution in [0.5, 0.6) is 0 Å². The Morgan fingerprint density at radius 1 is 1.33 bits per heavy atom. The van der Waals surface area contributed by atoms with Crippen LogP contribution in [0, 0.1) is 5.82 Å². The van der Waals surface area contributed by atoms with E-state index in [1.54, 1.807) is 12.1 Å². The lowest BCUT2D eigenvalue weighted by molar-refractivity contribution is -0.117. The molecule has 24 heavy (non-hydrogen) atoms. The van der Waals surface area contributed by atoms with E-state index in [-0.39, 0.29) is 34.5 Å². The van der Waals surface area contributed by atoms with Crippen LogP contribution in [-0.2, 0) is 21.2 Å². The Hall–Kier alpha value is -1.41. The monoisotopic (exact) mass is 370 g/mol. The number of nitrogens with zero attached hydrogens (tertiary/aromatic N) is 2. The van der Waals surface area contributed by atoms with E-state index >= 15 is 0 Å². The van der Waals surface area contributed by atoms with E-state index in [1.165, 1.54) is 23.9 Å². The molecule has 0 bridgehead atoms. The number of aliphatic imine (C=N–C) groups is 1. The first kappa shape index (κ1) is 17.4. The van der Waals surface area contributed by atoms with Crippen molar-refractivity contribution in [2.24, 2.45) is 4.99 Å². The maximum absolute atomic E-state index is 13.1. The van der Waals surface area contributed by atoms with Crippen molar-refractivity contribution in [2.45, 2.75) is 37.6 Å². The van der Waals surface area contributed by atoms with Crippen LogP contribution in [0.4, 0.5) is 4.39 Å². The number of carbonyl (C=O) groups is 1. The average Bonchev–Trinajstić information content (AvgIpc) is 2.95. The molecule has 2 atom stereocenters. The molecule has 2 heterocycles. The minimum Gasteiger partial charge on any atom is -0.342 e. The molecule has 1 aromatic rings. The van der Waals surface area contributed by atoms with Crippen LogP contribution in [0.25, 0.3) is 0 Å². The molecule has 2 saturated heterocycles. The minimum absolute atomic E-state index is 0.0762. The van der Waals surface area contributed by atoms with Crippen molar-refractivity contribution in [3.05, 3.63) is 35.6 Å². The summed E-state index contributed by atoms with van der Waals surface area (Å²) >= 11 is 1.37. The zero-order chi connectivity index (χ0) is 17.3. The van der Waals surface area contributed by atoms with Crippen molar-refractivity contribution >= 4 is 32.7 Å². The summed E-state index contributed by atoms with van der Waals surface area (Å²) in [6.07, 6.45) is 1.10. The van der Waals surface area contributed by atoms with Crippen LogP contribution in [0.15, 0.2) is 29.3 Å². The Morgan fingerprint density at radius 3 is 2.71 bits per heavy atom. The predicted molar refractivity (Wildman–Crippen MR) is 93.1 cm³/mol. The van der Waals surface area contributed by atoms with E-state index in [4.69, 9.17) is 0 Å². The highest BCUT2D eigenvalue weighted by molar-refractivity contribution is 8.15. The summed E-state index contributed by atoms with van der Waals surface area (Å²) < 4.78 is 36.9. The van der Waals surface area contributed by atoms with Crippen molar-refractivity contribution in [2.75, 3.05) is 11.5 Å². The van der Waals surface area contributed by atoms with E-state index in [2.05, 4.69) is 4.99 Å². The highest BCUT2D eigenvalue weighted by atomic mass is 32.2. The van der Waals surface area contributed by atoms with Crippen molar-refractivity contribution < 1.29 is 17.6 Å². The summed E-state index contributed by atoms with van der Waals surface area (Å²) in [6.45, 7) is 2.33. The lowest BCUT2D eigenvalue weighted by Gasteiger charge is -2.24. The first-order valence-corrected chi connectivity index (χ1v) is 10.6. The van der Waals surface area contributed by atoms with Gasteiger partial charge >= 0.3 is 0 Å². The number of benzene rings is 1. The molecule has 130 valence electrons. The third kappa shape index (κ3) is 3.80. The molecule has 5 nitrogen and oxygen atoms in total. The third-order valence-corrected chi connectivity index (χ3v) is 7.37. The number of amidine groups is 1. The van der Waals surface area contributed by atoms with E-state index in [0.717, 1.165) is 12.0 Å². The largest absolute Gasteiger partial charge is 0.342 e. The normalized spacial score (nSPS) is 26.8. The topological polar surface area (TPSA) is 66.8 Å². The molecular weight excluding hydrogens is 351 g/mol. The number of carbonyl (C=O) groups excluding carboxylic acids is 1. The van der Waals surface area contributed by atoms with Gasteiger partial charge in [0.1, 0.15) is 5.82 Å². The van der Waals surface area contributed by atoms with Gasteiger partial charge in [-0.05, 0) is 24.1 Å². The molecule has 0 N–H and O–H groups in total. The molecule has 2 aliphatic rings. The van der Waals surface area contributed by atoms with Gasteiger partial charge in [-0.15, -0.1) is 0 Å². The Balaban J connectivity index is 1.86. The van der Waals surface area contributed by atoms with Crippen LogP contribution in [0.3, 0.4) is 0 Å². The number of fused-ring (bicyclic) bond motifs is 1. The minimum atomic E-state index is -3.06. The average molecular weight is 370 g/mol. The Kier molecular flexibility index (Phi) is 4.96. The molecule has 0 saturated carbocycles. The fraction of sp³-hybridized carbons (Fsp3) is 0.500. The van der Waals surface area contributed by atoms with Crippen molar-refractivity contribution in [3.8, 4) is 0 Å². The molecule has 3 rings (SSSR count). The SMILES string of the molecule is CCCC(=O)N=C1S[C@@H]2CS(=O)(=O)C[C@@H]2N1Cc1ccc(F)cc1. The molecule has 0 spiro atoms. The van der Waals surface area contributed by atoms with E-state index < -0.39 is 9.84 Å². The number of rotatable bonds is 4. The number of sulfone groups is 1. The summed E-state index contributed by atoms with van der Waals surface area (Å²) in [5, 5.41) is 0.492. The van der Waals surface area contributed by atoms with Crippen molar-refractivity contribution in [1.29, 1.82) is 0 Å². The van der Waals surface area contributed by atoms with Crippen LogP contribution >= 0.6 is 11.8 Å². The second-order valence-corrected chi connectivity index (χ2v) is 9.45. The van der Waals surface area contributed by atoms with Gasteiger partial charge in [0.25, 0.3) is 0 Å². The summed E-state index contributed by atoms with van der Waals surface area (Å²) in [4.78, 5) is 18.0. The summed E-state index contributed by atoms with van der Waals surface area (Å²) in [5.41, 5.74) is 0.859. The fourth-order valence-electron chi connectivity index (χ4n) is 2.98. The molecule has 1 aromatic carbocycles. The van der Waals surface area contributed by atoms with Crippen molar-refractivity contribution in [3.63, 3.8) is 0 Å². The lowest BCUT2D eigenvalue weighted by Crippen LogP contribution is -2.37. The zero-order valence-electron chi connectivity index (χ0n) is 13.3. The third-order valence-electron chi connectivity index (χ3n) is 4.13. The Bertz CT molecular complexity index is 762. The van der Waals surface area contributed by atoms with Crippen LogP contribution < -0.4 is 0 Å². The molecule has 0 aliphatic carbocycles. The van der Waals surface area contributed by atoms with Crippen molar-refractivity contribution in [1.82, 2.24) is 4.90 Å². The summed E-state index contributed by atoms with van der Waals surface area (Å²) in [7, 11) is -3.06. The van der Waals surface area contributed by atoms with Crippen LogP contribution in [-0.4, -0.2) is 47.2 Å². The zero-order valence-corrected chi connectivity index (χ0v) is 14.9. The fourth-order valence-corrected chi connectivity index (χ4v) is 6.95. The Morgan fingerprint density at radius 2 is 2.04 bits per heavy atom. The number of hydrogen-bond acceptors (Lipinski definition) is 4. The number of amides is 1. The maximum atomic E-state index is 13.1. The van der Waals surface area contributed by atoms with E-state index in [0.29, 0.717) is 18.1 Å². The van der Waals surface area contributed by atoms with Gasteiger partial charge in [-0.3, -0.25) is 4.79 Å². The number of halogens is 1. The number of hydrogen-bond donors (Lipinski definition) is 0. The molecular formula is C16H19FN2O3S2. The number of thioether (sulfide) groups is 1. The van der Waals surface area contributed by atoms with Gasteiger partial charge in [-0.1, -0.05) is 30.8 Å². The molecule has 1 amide bonds. The van der Waals surface area contributed by atoms with E-state index in [9.17, 15) is 17.6 Å². The Labute approximate surface area is 145 Å². The maximum Gasteiger partial charge on any atom is 0.248 e. The molecule has 2 aliphatic heterocycles. The molecule has 0 aromatic heterocycles. The molecule has 0 unspecified atom stereocenters. The first-order valence-electron chi connectivity index (χ1n) is 7.87. The summed E-state index contributed by atoms with van der Waals surface area (Å²) in [6, 6.07) is 5.91. The van der Waals surface area contributed by atoms with Gasteiger partial charge in [0.05, 0.1) is 17.5 Å². The predicted octanol–water partition coefficient (Wildman–Crippen LogP) is 2.22. The van der Waals surface area contributed by atoms with Gasteiger partial charge in [0, 0.05) is 18.2 Å². The molecule has 0 radical (unpaired) electrons. The van der Waals surface area contributed by atoms with Gasteiger partial charge in [-0.2, -0.15) is 4.99 Å². The van der Waals surface area contributed by atoms with Gasteiger partial charge < -0.3 is 4.90 Å². The highest BCUT2D eigenvalue weighted by Crippen LogP contribution is 2.39. The first-order chi connectivity index (χ1) is 11.4. The van der Waals surface area contributed by atoms with Gasteiger partial charge in [0.2, 0.25) is 5.91 Å². The standard InChI is InChI=1S/C16H19FN2O3S2/c1-2-3-15(20)18-16-19(8-11-4-6-12(17)7-5-11)13-9-24(21,22)10-14(13)23-16/h4-7,13-14H,2-3,8-10H2,1H3/t13-,14+/m0/s1. The quantitative estimate of drug-likeness (QED) is 0.813. The summed E-state index contributed by atoms with van der Waals surface area (Å²) in [5.74, 6) is -0.314. The van der Waals surface area contributed by atoms with Gasteiger partial charge in [-0.25, -0.2) is 12.8 Å². The van der Waals surface area contributed by atoms with E-state index in [1.807, 2.05) is 11.8 Å². The van der Waals surface area contributed by atoms with Crippen LogP contribution in [0.1, 0.15) is 25.3 Å². The molecule has 2 fully saturated rings. The second-order valence-electron chi connectivity index (χ2n) is 6.09. The smallest absolute Gasteiger partial charge is 0.248 e. The highest BCUT2D eigenvalue weighted by Gasteiger charge is 2.48. The lowest BCUT2D eigenvalue weighted by atomic mass is 10.1. The van der Waals surface area contributed by atoms with Gasteiger partial charge in [0.15, 0.2) is 15.0 Å². The van der Waals surface area contributed by atoms with Crippen LogP contribution in [0.2, 0.25) is 0 Å².